The Kier molecular flexibility index (Phi) is 5.98. The Morgan fingerprint density at radius 2 is 1.68 bits per heavy atom. The Labute approximate surface area is 117 Å². The van der Waals surface area contributed by atoms with Crippen LogP contribution in [-0.4, -0.2) is 36.2 Å². The van der Waals surface area contributed by atoms with Crippen LogP contribution in [0.3, 0.4) is 0 Å². The number of rotatable bonds is 6. The molecule has 0 heterocycles. The molecule has 0 saturated heterocycles. The Hall–Kier alpha value is -0.900. The highest BCUT2D eigenvalue weighted by atomic mass is 16.3. The zero-order chi connectivity index (χ0) is 14.6. The molecule has 0 bridgehead atoms. The average molecular weight is 264 g/mol. The van der Waals surface area contributed by atoms with E-state index in [1.165, 1.54) is 27.8 Å². The van der Waals surface area contributed by atoms with Gasteiger partial charge < -0.3 is 10.8 Å². The second-order valence-electron chi connectivity index (χ2n) is 5.67. The molecule has 0 radical (unpaired) electrons. The third kappa shape index (κ3) is 4.30. The van der Waals surface area contributed by atoms with E-state index in [2.05, 4.69) is 45.7 Å². The van der Waals surface area contributed by atoms with Gasteiger partial charge in [0.05, 0.1) is 6.10 Å². The van der Waals surface area contributed by atoms with Gasteiger partial charge in [0.2, 0.25) is 0 Å². The third-order valence-corrected chi connectivity index (χ3v) is 3.97. The Bertz CT molecular complexity index is 403. The van der Waals surface area contributed by atoms with E-state index in [0.29, 0.717) is 19.5 Å². The van der Waals surface area contributed by atoms with Gasteiger partial charge in [0, 0.05) is 13.1 Å². The molecular weight excluding hydrogens is 236 g/mol. The van der Waals surface area contributed by atoms with E-state index in [-0.39, 0.29) is 6.10 Å². The second kappa shape index (κ2) is 7.04. The molecule has 3 N–H and O–H groups in total. The van der Waals surface area contributed by atoms with Crippen molar-refractivity contribution >= 4 is 0 Å². The highest BCUT2D eigenvalue weighted by Crippen LogP contribution is 2.22. The summed E-state index contributed by atoms with van der Waals surface area (Å²) in [5.74, 6) is 0. The number of aliphatic hydroxyl groups is 1. The minimum absolute atomic E-state index is 0.332. The summed E-state index contributed by atoms with van der Waals surface area (Å²) in [5, 5.41) is 9.82. The highest BCUT2D eigenvalue weighted by molar-refractivity contribution is 5.43. The standard InChI is InChI=1S/C16H28N2O/c1-11-8-12(2)14(4)16(13(11)3)10-18(5)9-15(19)6-7-17/h8,15,19H,6-7,9-10,17H2,1-5H3. The summed E-state index contributed by atoms with van der Waals surface area (Å²) in [7, 11) is 2.05. The molecule has 1 rings (SSSR count). The summed E-state index contributed by atoms with van der Waals surface area (Å²) >= 11 is 0. The van der Waals surface area contributed by atoms with Gasteiger partial charge in [0.1, 0.15) is 0 Å². The first kappa shape index (κ1) is 16.2. The lowest BCUT2D eigenvalue weighted by molar-refractivity contribution is 0.117. The third-order valence-electron chi connectivity index (χ3n) is 3.97. The topological polar surface area (TPSA) is 49.5 Å². The molecule has 0 amide bonds. The van der Waals surface area contributed by atoms with Crippen molar-refractivity contribution in [1.82, 2.24) is 4.90 Å². The average Bonchev–Trinajstić information content (AvgIpc) is 2.32. The van der Waals surface area contributed by atoms with Gasteiger partial charge in [0.25, 0.3) is 0 Å². The Balaban J connectivity index is 2.82. The summed E-state index contributed by atoms with van der Waals surface area (Å²) < 4.78 is 0. The van der Waals surface area contributed by atoms with E-state index in [1.54, 1.807) is 0 Å². The number of likely N-dealkylation sites (N-methyl/N-ethyl adjacent to an activating group) is 1. The molecule has 3 nitrogen and oxygen atoms in total. The number of hydrogen-bond donors (Lipinski definition) is 2. The molecule has 0 spiro atoms. The summed E-state index contributed by atoms with van der Waals surface area (Å²) in [5.41, 5.74) is 12.3. The normalized spacial score (nSPS) is 13.1. The van der Waals surface area contributed by atoms with Gasteiger partial charge in [-0.1, -0.05) is 6.07 Å². The molecule has 1 aromatic carbocycles. The number of aryl methyl sites for hydroxylation is 2. The summed E-state index contributed by atoms with van der Waals surface area (Å²) in [6, 6.07) is 2.25. The van der Waals surface area contributed by atoms with Crippen molar-refractivity contribution in [2.75, 3.05) is 20.1 Å². The zero-order valence-corrected chi connectivity index (χ0v) is 13.0. The van der Waals surface area contributed by atoms with Crippen molar-refractivity contribution in [3.63, 3.8) is 0 Å². The fraction of sp³-hybridized carbons (Fsp3) is 0.625. The van der Waals surface area contributed by atoms with E-state index >= 15 is 0 Å². The smallest absolute Gasteiger partial charge is 0.0679 e. The summed E-state index contributed by atoms with van der Waals surface area (Å²) in [6.07, 6.45) is 0.330. The van der Waals surface area contributed by atoms with E-state index in [9.17, 15) is 5.11 Å². The SMILES string of the molecule is Cc1cc(C)c(C)c(CN(C)CC(O)CCN)c1C. The lowest BCUT2D eigenvalue weighted by Gasteiger charge is -2.23. The number of nitrogens with zero attached hydrogens (tertiary/aromatic N) is 1. The van der Waals surface area contributed by atoms with Crippen LogP contribution in [0.5, 0.6) is 0 Å². The minimum Gasteiger partial charge on any atom is -0.392 e. The first-order chi connectivity index (χ1) is 8.86. The fourth-order valence-corrected chi connectivity index (χ4v) is 2.51. The Morgan fingerprint density at radius 1 is 1.16 bits per heavy atom. The van der Waals surface area contributed by atoms with Gasteiger partial charge in [-0.05, 0) is 75.5 Å². The molecule has 3 heteroatoms. The quantitative estimate of drug-likeness (QED) is 0.827. The van der Waals surface area contributed by atoms with Gasteiger partial charge in [-0.2, -0.15) is 0 Å². The van der Waals surface area contributed by atoms with Crippen LogP contribution < -0.4 is 5.73 Å². The number of benzene rings is 1. The van der Waals surface area contributed by atoms with Crippen molar-refractivity contribution in [1.29, 1.82) is 0 Å². The van der Waals surface area contributed by atoms with Crippen LogP contribution in [0.4, 0.5) is 0 Å². The first-order valence-corrected chi connectivity index (χ1v) is 6.99. The summed E-state index contributed by atoms with van der Waals surface area (Å²) in [4.78, 5) is 2.18. The van der Waals surface area contributed by atoms with Crippen molar-refractivity contribution in [2.24, 2.45) is 5.73 Å². The second-order valence-corrected chi connectivity index (χ2v) is 5.67. The maximum atomic E-state index is 9.82. The number of nitrogens with two attached hydrogens (primary N) is 1. The molecule has 0 aromatic heterocycles. The summed E-state index contributed by atoms with van der Waals surface area (Å²) in [6.45, 7) is 10.8. The maximum absolute atomic E-state index is 9.82. The van der Waals surface area contributed by atoms with E-state index in [0.717, 1.165) is 6.54 Å². The number of hydrogen-bond acceptors (Lipinski definition) is 3. The van der Waals surface area contributed by atoms with Crippen molar-refractivity contribution < 1.29 is 5.11 Å². The fourth-order valence-electron chi connectivity index (χ4n) is 2.51. The van der Waals surface area contributed by atoms with Crippen LogP contribution in [-0.2, 0) is 6.54 Å². The largest absolute Gasteiger partial charge is 0.392 e. The zero-order valence-electron chi connectivity index (χ0n) is 13.0. The van der Waals surface area contributed by atoms with Crippen molar-refractivity contribution in [3.8, 4) is 0 Å². The molecule has 0 aliphatic rings. The maximum Gasteiger partial charge on any atom is 0.0679 e. The van der Waals surface area contributed by atoms with Crippen LogP contribution >= 0.6 is 0 Å². The van der Waals surface area contributed by atoms with Gasteiger partial charge in [-0.25, -0.2) is 0 Å². The molecule has 0 saturated carbocycles. The van der Waals surface area contributed by atoms with Gasteiger partial charge in [-0.3, -0.25) is 4.90 Å². The van der Waals surface area contributed by atoms with E-state index < -0.39 is 0 Å². The van der Waals surface area contributed by atoms with Crippen LogP contribution in [0.2, 0.25) is 0 Å². The minimum atomic E-state index is -0.332. The predicted molar refractivity (Wildman–Crippen MR) is 81.4 cm³/mol. The van der Waals surface area contributed by atoms with Gasteiger partial charge in [-0.15, -0.1) is 0 Å². The molecule has 19 heavy (non-hydrogen) atoms. The van der Waals surface area contributed by atoms with E-state index in [4.69, 9.17) is 5.73 Å². The van der Waals surface area contributed by atoms with Crippen LogP contribution in [0.25, 0.3) is 0 Å². The monoisotopic (exact) mass is 264 g/mol. The molecule has 1 atom stereocenters. The van der Waals surface area contributed by atoms with Crippen molar-refractivity contribution in [3.05, 3.63) is 33.9 Å². The van der Waals surface area contributed by atoms with Crippen LogP contribution in [0.15, 0.2) is 6.07 Å². The lowest BCUT2D eigenvalue weighted by atomic mass is 9.94. The molecule has 0 fully saturated rings. The van der Waals surface area contributed by atoms with Crippen LogP contribution in [0.1, 0.15) is 34.2 Å². The molecule has 1 aromatic rings. The first-order valence-electron chi connectivity index (χ1n) is 6.99. The highest BCUT2D eigenvalue weighted by Gasteiger charge is 2.13. The van der Waals surface area contributed by atoms with Crippen LogP contribution in [0, 0.1) is 27.7 Å². The molecule has 108 valence electrons. The van der Waals surface area contributed by atoms with Gasteiger partial charge in [0.15, 0.2) is 0 Å². The number of aliphatic hydroxyl groups excluding tert-OH is 1. The molecule has 0 aliphatic heterocycles. The van der Waals surface area contributed by atoms with Crippen molar-refractivity contribution in [2.45, 2.75) is 46.8 Å². The molecule has 0 aliphatic carbocycles. The molecule has 1 unspecified atom stereocenters. The predicted octanol–water partition coefficient (Wildman–Crippen LogP) is 2.06. The Morgan fingerprint density at radius 3 is 2.16 bits per heavy atom. The van der Waals surface area contributed by atoms with E-state index in [1.807, 2.05) is 0 Å². The van der Waals surface area contributed by atoms with Gasteiger partial charge >= 0.3 is 0 Å². The molecular formula is C16H28N2O. The lowest BCUT2D eigenvalue weighted by Crippen LogP contribution is -2.30.